The minimum atomic E-state index is -1.68. The number of aliphatic carboxylic acids is 1. The van der Waals surface area contributed by atoms with Crippen LogP contribution in [0.4, 0.5) is 0 Å². The topological polar surface area (TPSA) is 833 Å². The van der Waals surface area contributed by atoms with Crippen molar-refractivity contribution in [2.45, 2.75) is 236 Å². The molecule has 48 nitrogen and oxygen atoms in total. The van der Waals surface area contributed by atoms with Crippen LogP contribution in [0.1, 0.15) is 149 Å². The van der Waals surface area contributed by atoms with Crippen molar-refractivity contribution in [3.05, 3.63) is 96.1 Å². The maximum absolute atomic E-state index is 15.2. The van der Waals surface area contributed by atoms with Crippen LogP contribution in [0, 0.1) is 44.3 Å². The Morgan fingerprint density at radius 3 is 0.903 bits per heavy atom. The fraction of sp³-hybridized carbons (Fsp3) is 0.535. The van der Waals surface area contributed by atoms with Crippen molar-refractivity contribution in [1.29, 1.82) is 32.5 Å². The van der Waals surface area contributed by atoms with Crippen LogP contribution in [-0.2, 0) is 80.0 Å². The summed E-state index contributed by atoms with van der Waals surface area (Å²) in [6, 6.07) is 4.58. The molecule has 41 N–H and O–H groups in total. The SMILES string of the molecule is CC[C@H](C)[C@H](NC(=O)[C@H](CC(C)C)NC(=O)[C@H](CO)NC(=O)[C@H](CCCNC(=N)N)NC(=O)[C@H](C)N)C(=O)N[C@@H](Cc1ccc2ccccc2c1)C(=O)N[C@@H](CCCNC(=N)N)C(=O)N[C@@H](C)C(=O)N[C@@H](C)C(=O)N[C@@H](CCCNC(=N)N)C(=O)N[C@@H](CCCNC(=N)N)C(=O)N[C@@H](Cc1ccc2ccccc2c1)C(=O)N[C@@H](CCCNC(=N)N)C(=O)N[C@@H](CCCNC(=N)N)C(=O)O. The summed E-state index contributed by atoms with van der Waals surface area (Å²) in [4.78, 5) is 200. The number of amides is 13. The summed E-state index contributed by atoms with van der Waals surface area (Å²) in [6.07, 6.45) is -0.642. The van der Waals surface area contributed by atoms with Crippen molar-refractivity contribution in [2.75, 3.05) is 45.9 Å². The van der Waals surface area contributed by atoms with Crippen LogP contribution in [0.2, 0.25) is 0 Å². The third kappa shape index (κ3) is 41.7. The number of nitrogens with two attached hydrogens (primary N) is 7. The molecule has 0 spiro atoms. The van der Waals surface area contributed by atoms with Gasteiger partial charge < -0.3 is 151 Å². The Bertz CT molecular complexity index is 4710. The van der Waals surface area contributed by atoms with Gasteiger partial charge in [-0.15, -0.1) is 0 Å². The summed E-state index contributed by atoms with van der Waals surface area (Å²) in [5, 5.41) is 119. The van der Waals surface area contributed by atoms with E-state index in [-0.39, 0.29) is 160 Å². The molecule has 0 aliphatic carbocycles. The number of carbonyl (C=O) groups is 14. The number of benzene rings is 4. The molecular formula is C86H138N32O16. The molecule has 13 amide bonds. The number of carboxylic acid groups (broad SMARTS) is 1. The average Bonchev–Trinajstić information content (AvgIpc) is 0.829. The van der Waals surface area contributed by atoms with Crippen LogP contribution in [0.3, 0.4) is 0 Å². The first kappa shape index (κ1) is 112. The van der Waals surface area contributed by atoms with Gasteiger partial charge in [0.2, 0.25) is 76.8 Å². The van der Waals surface area contributed by atoms with Gasteiger partial charge >= 0.3 is 5.97 Å². The van der Waals surface area contributed by atoms with Gasteiger partial charge in [-0.25, -0.2) is 4.79 Å². The van der Waals surface area contributed by atoms with Gasteiger partial charge in [0.15, 0.2) is 35.8 Å². The highest BCUT2D eigenvalue weighted by atomic mass is 16.4. The molecule has 0 heterocycles. The number of carboxylic acids is 1. The van der Waals surface area contributed by atoms with E-state index in [2.05, 4.69) is 101 Å². The maximum atomic E-state index is 15.2. The minimum Gasteiger partial charge on any atom is -0.480 e. The maximum Gasteiger partial charge on any atom is 0.326 e. The zero-order chi connectivity index (χ0) is 99.8. The highest BCUT2D eigenvalue weighted by Crippen LogP contribution is 2.21. The van der Waals surface area contributed by atoms with Crippen molar-refractivity contribution >= 4 is 140 Å². The van der Waals surface area contributed by atoms with Crippen LogP contribution in [0.15, 0.2) is 84.9 Å². The molecule has 0 aromatic heterocycles. The monoisotopic (exact) mass is 1880 g/mol. The van der Waals surface area contributed by atoms with Crippen molar-refractivity contribution < 1.29 is 77.3 Å². The molecular weight excluding hydrogens is 1740 g/mol. The highest BCUT2D eigenvalue weighted by molar-refractivity contribution is 6.01. The zero-order valence-corrected chi connectivity index (χ0v) is 76.7. The van der Waals surface area contributed by atoms with E-state index in [1.165, 1.54) is 20.8 Å². The molecule has 0 radical (unpaired) electrons. The van der Waals surface area contributed by atoms with E-state index < -0.39 is 204 Å². The summed E-state index contributed by atoms with van der Waals surface area (Å²) in [6.45, 7) is 10.1. The van der Waals surface area contributed by atoms with Gasteiger partial charge in [-0.1, -0.05) is 119 Å². The predicted molar refractivity (Wildman–Crippen MR) is 504 cm³/mol. The number of fused-ring (bicyclic) bond motifs is 2. The highest BCUT2D eigenvalue weighted by Gasteiger charge is 2.39. The van der Waals surface area contributed by atoms with Crippen LogP contribution < -0.4 is 141 Å². The largest absolute Gasteiger partial charge is 0.480 e. The molecule has 0 unspecified atom stereocenters. The van der Waals surface area contributed by atoms with Gasteiger partial charge in [0.05, 0.1) is 12.6 Å². The first-order valence-corrected chi connectivity index (χ1v) is 44.4. The van der Waals surface area contributed by atoms with E-state index in [1.54, 1.807) is 76.2 Å². The smallest absolute Gasteiger partial charge is 0.326 e. The summed E-state index contributed by atoms with van der Waals surface area (Å²) < 4.78 is 0. The Labute approximate surface area is 777 Å². The second-order valence-corrected chi connectivity index (χ2v) is 33.1. The third-order valence-corrected chi connectivity index (χ3v) is 21.3. The lowest BCUT2D eigenvalue weighted by Gasteiger charge is -2.30. The minimum absolute atomic E-state index is 0.0000198. The first-order valence-electron chi connectivity index (χ1n) is 44.4. The van der Waals surface area contributed by atoms with Gasteiger partial charge in [-0.2, -0.15) is 0 Å². The molecule has 48 heteroatoms. The zero-order valence-electron chi connectivity index (χ0n) is 76.7. The van der Waals surface area contributed by atoms with Crippen LogP contribution in [0.25, 0.3) is 21.5 Å². The summed E-state index contributed by atoms with van der Waals surface area (Å²) in [5.41, 5.74) is 39.9. The van der Waals surface area contributed by atoms with E-state index in [0.717, 1.165) is 21.5 Å². The molecule has 0 fully saturated rings. The molecule has 0 bridgehead atoms. The fourth-order valence-corrected chi connectivity index (χ4v) is 13.8. The summed E-state index contributed by atoms with van der Waals surface area (Å²) >= 11 is 0. The van der Waals surface area contributed by atoms with Crippen molar-refractivity contribution in [1.82, 2.24) is 101 Å². The fourth-order valence-electron chi connectivity index (χ4n) is 13.8. The lowest BCUT2D eigenvalue weighted by atomic mass is 9.95. The van der Waals surface area contributed by atoms with Gasteiger partial charge in [0.1, 0.15) is 78.5 Å². The molecule has 4 rings (SSSR count). The number of rotatable bonds is 60. The van der Waals surface area contributed by atoms with Crippen molar-refractivity contribution in [3.8, 4) is 0 Å². The van der Waals surface area contributed by atoms with Gasteiger partial charge in [0, 0.05) is 52.1 Å². The summed E-state index contributed by atoms with van der Waals surface area (Å²) in [5.74, 6) is -16.8. The van der Waals surface area contributed by atoms with E-state index in [9.17, 15) is 63.0 Å². The molecule has 0 aliphatic rings. The average molecular weight is 1880 g/mol. The normalized spacial score (nSPS) is 14.4. The third-order valence-electron chi connectivity index (χ3n) is 21.3. The molecule has 134 heavy (non-hydrogen) atoms. The van der Waals surface area contributed by atoms with Crippen molar-refractivity contribution in [3.63, 3.8) is 0 Å². The predicted octanol–water partition coefficient (Wildman–Crippen LogP) is -5.78. The molecule has 0 saturated heterocycles. The molecule has 4 aromatic rings. The van der Waals surface area contributed by atoms with E-state index >= 15 is 14.4 Å². The Morgan fingerprint density at radius 1 is 0.313 bits per heavy atom. The Morgan fingerprint density at radius 2 is 0.575 bits per heavy atom. The lowest BCUT2D eigenvalue weighted by molar-refractivity contribution is -0.142. The van der Waals surface area contributed by atoms with E-state index in [1.807, 2.05) is 36.4 Å². The second kappa shape index (κ2) is 58.3. The van der Waals surface area contributed by atoms with Crippen LogP contribution >= 0.6 is 0 Å². The number of hydrogen-bond acceptors (Lipinski definition) is 22. The van der Waals surface area contributed by atoms with Crippen LogP contribution in [-0.4, -0.2) is 259 Å². The van der Waals surface area contributed by atoms with E-state index in [4.69, 9.17) is 72.6 Å². The number of aliphatic hydroxyl groups is 1. The molecule has 0 aliphatic heterocycles. The van der Waals surface area contributed by atoms with Gasteiger partial charge in [0.25, 0.3) is 0 Å². The summed E-state index contributed by atoms with van der Waals surface area (Å²) in [7, 11) is 0. The lowest BCUT2D eigenvalue weighted by Crippen LogP contribution is -2.62. The molecule has 0 saturated carbocycles. The quantitative estimate of drug-likeness (QED) is 0.0111. The van der Waals surface area contributed by atoms with Gasteiger partial charge in [-0.3, -0.25) is 94.8 Å². The Hall–Kier alpha value is -14.5. The number of aliphatic hydroxyl groups excluding tert-OH is 1. The standard InChI is InChI=1S/C86H138N32O16/c1-8-46(4)66(118-77(130)62(39-45(2)3)114-78(131)65(44-119)117-74(127)57(108-67(120)47(5)87)24-14-34-101-82(90)91)79(132)116-64(43-51-30-32-53-20-10-12-22-55(53)41-51)76(129)111-56(23-13-33-100-81(88)89)70(123)107-48(6)68(121)106-49(7)69(122)109-58(25-15-35-102-83(92)93)71(124)110-60(27-17-37-104-85(96)97)73(126)115-63(42-50-29-31-52-19-9-11-21-54(52)40-50)75(128)112-59(26-16-36-103-84(94)95)72(125)113-61(80(133)134)28-18-38-105-86(98)99/h9-12,19-22,29-32,40-41,45-49,56-66,119H,8,13-18,23-28,33-39,42-44,87H2,1-7H3,(H,106,121)(H,107,123)(H,108,120)(H,109,122)(H,110,124)(H,111,129)(H,112,128)(H,113,125)(H,114,131)(H,115,126)(H,116,132)(H,117,127)(H,118,130)(H,133,134)(H4,88,89,100)(H4,90,91,101)(H4,92,93,102)(H4,94,95,103)(H4,96,97,104)(H4,98,99,105)/t46-,47-,48-,49-,56-,57-,58-,59-,60-,61-,62-,63-,64-,65-,66-/m0/s1. The van der Waals surface area contributed by atoms with Crippen molar-refractivity contribution in [2.24, 2.45) is 52.0 Å². The second-order valence-electron chi connectivity index (χ2n) is 33.1. The number of nitrogens with one attached hydrogen (secondary N) is 25. The number of carbonyl (C=O) groups excluding carboxylic acids is 13. The molecule has 15 atom stereocenters. The Kier molecular flexibility index (Phi) is 48.7. The first-order chi connectivity index (χ1) is 63.4. The van der Waals surface area contributed by atoms with Gasteiger partial charge in [-0.05, 0) is 149 Å². The Balaban J connectivity index is 1.67. The molecule has 738 valence electrons. The number of hydrogen-bond donors (Lipinski definition) is 34. The molecule has 4 aromatic carbocycles. The van der Waals surface area contributed by atoms with E-state index in [0.29, 0.717) is 11.1 Å². The van der Waals surface area contributed by atoms with Crippen LogP contribution in [0.5, 0.6) is 0 Å². The number of guanidine groups is 6.